The molecule has 15 heavy (non-hydrogen) atoms. The van der Waals surface area contributed by atoms with Crippen molar-refractivity contribution in [2.45, 2.75) is 25.9 Å². The Bertz CT molecular complexity index is 340. The number of carbonyl (C=O) groups is 1. The average molecular weight is 292 g/mol. The van der Waals surface area contributed by atoms with E-state index in [1.54, 1.807) is 18.3 Å². The SMILES string of the molecule is COC(=O)C(C)NC(C)c1ccc(Br)s1. The number of esters is 1. The zero-order chi connectivity index (χ0) is 11.4. The van der Waals surface area contributed by atoms with E-state index in [0.29, 0.717) is 0 Å². The molecule has 1 heterocycles. The van der Waals surface area contributed by atoms with Gasteiger partial charge in [-0.2, -0.15) is 0 Å². The second-order valence-corrected chi connectivity index (χ2v) is 5.77. The minimum atomic E-state index is -0.286. The topological polar surface area (TPSA) is 38.3 Å². The molecule has 1 aromatic rings. The molecule has 5 heteroatoms. The van der Waals surface area contributed by atoms with Gasteiger partial charge in [0.2, 0.25) is 0 Å². The number of hydrogen-bond acceptors (Lipinski definition) is 4. The highest BCUT2D eigenvalue weighted by atomic mass is 79.9. The first-order valence-electron chi connectivity index (χ1n) is 4.63. The normalized spacial score (nSPS) is 14.7. The Morgan fingerprint density at radius 2 is 2.20 bits per heavy atom. The molecular formula is C10H14BrNO2S. The van der Waals surface area contributed by atoms with Crippen LogP contribution >= 0.6 is 27.3 Å². The van der Waals surface area contributed by atoms with E-state index in [1.807, 2.05) is 19.1 Å². The van der Waals surface area contributed by atoms with Gasteiger partial charge in [0.05, 0.1) is 10.9 Å². The van der Waals surface area contributed by atoms with Crippen LogP contribution in [0, 0.1) is 0 Å². The first-order chi connectivity index (χ1) is 7.04. The van der Waals surface area contributed by atoms with Gasteiger partial charge in [-0.05, 0) is 41.9 Å². The summed E-state index contributed by atoms with van der Waals surface area (Å²) < 4.78 is 5.74. The van der Waals surface area contributed by atoms with E-state index in [9.17, 15) is 4.79 Å². The smallest absolute Gasteiger partial charge is 0.322 e. The molecule has 0 radical (unpaired) electrons. The predicted molar refractivity (Wildman–Crippen MR) is 65.0 cm³/mol. The number of rotatable bonds is 4. The van der Waals surface area contributed by atoms with Crippen molar-refractivity contribution >= 4 is 33.2 Å². The summed E-state index contributed by atoms with van der Waals surface area (Å²) in [5, 5.41) is 3.18. The number of carbonyl (C=O) groups excluding carboxylic acids is 1. The third-order valence-corrected chi connectivity index (χ3v) is 3.88. The molecule has 2 unspecified atom stereocenters. The number of nitrogens with one attached hydrogen (secondary N) is 1. The highest BCUT2D eigenvalue weighted by Gasteiger charge is 2.17. The number of methoxy groups -OCH3 is 1. The molecule has 0 saturated carbocycles. The van der Waals surface area contributed by atoms with Gasteiger partial charge < -0.3 is 4.74 Å². The lowest BCUT2D eigenvalue weighted by molar-refractivity contribution is -0.142. The Balaban J connectivity index is 2.55. The summed E-state index contributed by atoms with van der Waals surface area (Å²) in [5.41, 5.74) is 0. The van der Waals surface area contributed by atoms with Gasteiger partial charge in [0.15, 0.2) is 0 Å². The third-order valence-electron chi connectivity index (χ3n) is 2.08. The monoisotopic (exact) mass is 291 g/mol. The first-order valence-corrected chi connectivity index (χ1v) is 6.24. The van der Waals surface area contributed by atoms with Crippen LogP contribution in [-0.2, 0) is 9.53 Å². The Hall–Kier alpha value is -0.390. The average Bonchev–Trinajstić information content (AvgIpc) is 2.63. The van der Waals surface area contributed by atoms with Crippen molar-refractivity contribution in [3.8, 4) is 0 Å². The summed E-state index contributed by atoms with van der Waals surface area (Å²) in [4.78, 5) is 12.4. The van der Waals surface area contributed by atoms with Gasteiger partial charge >= 0.3 is 5.97 Å². The lowest BCUT2D eigenvalue weighted by Crippen LogP contribution is -2.36. The van der Waals surface area contributed by atoms with Gasteiger partial charge in [0.1, 0.15) is 6.04 Å². The first kappa shape index (κ1) is 12.7. The van der Waals surface area contributed by atoms with E-state index in [1.165, 1.54) is 12.0 Å². The van der Waals surface area contributed by atoms with Crippen molar-refractivity contribution in [2.75, 3.05) is 7.11 Å². The van der Waals surface area contributed by atoms with Crippen molar-refractivity contribution in [1.82, 2.24) is 5.32 Å². The number of thiophene rings is 1. The summed E-state index contributed by atoms with van der Waals surface area (Å²) in [6.45, 7) is 3.82. The predicted octanol–water partition coefficient (Wildman–Crippen LogP) is 2.72. The number of ether oxygens (including phenoxy) is 1. The highest BCUT2D eigenvalue weighted by molar-refractivity contribution is 9.11. The van der Waals surface area contributed by atoms with Crippen LogP contribution in [0.5, 0.6) is 0 Å². The second kappa shape index (κ2) is 5.63. The summed E-state index contributed by atoms with van der Waals surface area (Å²) in [5.74, 6) is -0.238. The molecule has 1 aromatic heterocycles. The largest absolute Gasteiger partial charge is 0.468 e. The van der Waals surface area contributed by atoms with Crippen molar-refractivity contribution in [3.63, 3.8) is 0 Å². The van der Waals surface area contributed by atoms with Crippen LogP contribution < -0.4 is 5.32 Å². The van der Waals surface area contributed by atoms with Crippen LogP contribution in [0.4, 0.5) is 0 Å². The van der Waals surface area contributed by atoms with Crippen LogP contribution in [0.25, 0.3) is 0 Å². The lowest BCUT2D eigenvalue weighted by Gasteiger charge is -2.16. The van der Waals surface area contributed by atoms with Crippen molar-refractivity contribution in [2.24, 2.45) is 0 Å². The summed E-state index contributed by atoms with van der Waals surface area (Å²) in [6, 6.07) is 3.90. The van der Waals surface area contributed by atoms with Gasteiger partial charge in [0.25, 0.3) is 0 Å². The van der Waals surface area contributed by atoms with E-state index in [-0.39, 0.29) is 18.1 Å². The van der Waals surface area contributed by atoms with Crippen LogP contribution in [0.15, 0.2) is 15.9 Å². The van der Waals surface area contributed by atoms with E-state index in [0.717, 1.165) is 3.79 Å². The second-order valence-electron chi connectivity index (χ2n) is 3.28. The molecule has 1 rings (SSSR count). The van der Waals surface area contributed by atoms with Crippen LogP contribution in [0.3, 0.4) is 0 Å². The van der Waals surface area contributed by atoms with E-state index in [2.05, 4.69) is 26.0 Å². The molecule has 0 aliphatic carbocycles. The molecule has 84 valence electrons. The van der Waals surface area contributed by atoms with E-state index >= 15 is 0 Å². The fourth-order valence-electron chi connectivity index (χ4n) is 1.26. The van der Waals surface area contributed by atoms with Crippen LogP contribution in [0.2, 0.25) is 0 Å². The molecule has 2 atom stereocenters. The minimum absolute atomic E-state index is 0.149. The molecule has 0 saturated heterocycles. The van der Waals surface area contributed by atoms with Gasteiger partial charge in [-0.1, -0.05) is 0 Å². The lowest BCUT2D eigenvalue weighted by atomic mass is 10.2. The molecule has 0 spiro atoms. The zero-order valence-corrected chi connectivity index (χ0v) is 11.3. The Morgan fingerprint density at radius 1 is 1.53 bits per heavy atom. The number of halogens is 1. The zero-order valence-electron chi connectivity index (χ0n) is 8.91. The third kappa shape index (κ3) is 3.59. The summed E-state index contributed by atoms with van der Waals surface area (Å²) in [6.07, 6.45) is 0. The maximum absolute atomic E-state index is 11.2. The molecule has 0 fully saturated rings. The molecule has 0 aliphatic heterocycles. The summed E-state index contributed by atoms with van der Waals surface area (Å²) in [7, 11) is 1.40. The Morgan fingerprint density at radius 3 is 2.67 bits per heavy atom. The van der Waals surface area contributed by atoms with E-state index < -0.39 is 0 Å². The summed E-state index contributed by atoms with van der Waals surface area (Å²) >= 11 is 5.07. The molecule has 0 aliphatic rings. The van der Waals surface area contributed by atoms with Crippen LogP contribution in [-0.4, -0.2) is 19.1 Å². The molecule has 3 nitrogen and oxygen atoms in total. The highest BCUT2D eigenvalue weighted by Crippen LogP contribution is 2.27. The fraction of sp³-hybridized carbons (Fsp3) is 0.500. The molecule has 1 N–H and O–H groups in total. The van der Waals surface area contributed by atoms with Crippen molar-refractivity contribution < 1.29 is 9.53 Å². The van der Waals surface area contributed by atoms with Gasteiger partial charge in [-0.25, -0.2) is 0 Å². The maximum Gasteiger partial charge on any atom is 0.322 e. The maximum atomic E-state index is 11.2. The minimum Gasteiger partial charge on any atom is -0.468 e. The van der Waals surface area contributed by atoms with Crippen LogP contribution in [0.1, 0.15) is 24.8 Å². The quantitative estimate of drug-likeness (QED) is 0.867. The standard InChI is InChI=1S/C10H14BrNO2S/c1-6(8-4-5-9(11)15-8)12-7(2)10(13)14-3/h4-7,12H,1-3H3. The van der Waals surface area contributed by atoms with Gasteiger partial charge in [-0.3, -0.25) is 10.1 Å². The van der Waals surface area contributed by atoms with E-state index in [4.69, 9.17) is 0 Å². The Kier molecular flexibility index (Phi) is 4.76. The van der Waals surface area contributed by atoms with Crippen molar-refractivity contribution in [1.29, 1.82) is 0 Å². The number of hydrogen-bond donors (Lipinski definition) is 1. The molecular weight excluding hydrogens is 278 g/mol. The van der Waals surface area contributed by atoms with Gasteiger partial charge in [0, 0.05) is 10.9 Å². The molecule has 0 bridgehead atoms. The van der Waals surface area contributed by atoms with Crippen molar-refractivity contribution in [3.05, 3.63) is 20.8 Å². The molecule has 0 amide bonds. The molecule has 0 aromatic carbocycles. The van der Waals surface area contributed by atoms with Gasteiger partial charge in [-0.15, -0.1) is 11.3 Å². The Labute approximate surface area is 102 Å². The fourth-order valence-corrected chi connectivity index (χ4v) is 2.70.